The number of rotatable bonds is 4. The molecular weight excluding hydrogens is 220 g/mol. The standard InChI is InChI=1S/C12H16N2O3/c1-5-17-7-6-10-11(12(15)16-4)14-9(3)8(2)13-10/h6-7H,5H2,1-4H3/b7-6+. The minimum atomic E-state index is -0.503. The molecule has 0 unspecified atom stereocenters. The van der Waals surface area contributed by atoms with Crippen LogP contribution in [0.1, 0.15) is 34.5 Å². The van der Waals surface area contributed by atoms with Crippen LogP contribution in [0.4, 0.5) is 0 Å². The van der Waals surface area contributed by atoms with Crippen molar-refractivity contribution < 1.29 is 14.3 Å². The van der Waals surface area contributed by atoms with Gasteiger partial charge < -0.3 is 9.47 Å². The number of aromatic nitrogens is 2. The molecule has 0 fully saturated rings. The molecule has 5 nitrogen and oxygen atoms in total. The summed E-state index contributed by atoms with van der Waals surface area (Å²) in [4.78, 5) is 20.0. The molecule has 0 amide bonds. The number of hydrogen-bond acceptors (Lipinski definition) is 5. The largest absolute Gasteiger partial charge is 0.501 e. The molecule has 0 aromatic carbocycles. The van der Waals surface area contributed by atoms with E-state index >= 15 is 0 Å². The molecule has 1 rings (SSSR count). The van der Waals surface area contributed by atoms with Crippen molar-refractivity contribution in [3.8, 4) is 0 Å². The number of aryl methyl sites for hydroxylation is 2. The van der Waals surface area contributed by atoms with E-state index in [2.05, 4.69) is 14.7 Å². The van der Waals surface area contributed by atoms with Gasteiger partial charge in [-0.05, 0) is 20.8 Å². The second-order valence-corrected chi connectivity index (χ2v) is 3.38. The molecule has 0 saturated heterocycles. The van der Waals surface area contributed by atoms with E-state index in [1.165, 1.54) is 13.4 Å². The maximum atomic E-state index is 11.5. The van der Waals surface area contributed by atoms with Crippen LogP contribution in [-0.2, 0) is 9.47 Å². The molecule has 0 N–H and O–H groups in total. The lowest BCUT2D eigenvalue weighted by Gasteiger charge is -2.06. The van der Waals surface area contributed by atoms with Crippen molar-refractivity contribution in [2.75, 3.05) is 13.7 Å². The van der Waals surface area contributed by atoms with E-state index in [1.54, 1.807) is 13.0 Å². The fourth-order valence-electron chi connectivity index (χ4n) is 1.19. The molecule has 1 heterocycles. The Kier molecular flexibility index (Phi) is 4.63. The van der Waals surface area contributed by atoms with Gasteiger partial charge in [0.1, 0.15) is 0 Å². The number of carbonyl (C=O) groups is 1. The Labute approximate surface area is 100 Å². The van der Waals surface area contributed by atoms with Gasteiger partial charge in [-0.3, -0.25) is 0 Å². The first-order valence-corrected chi connectivity index (χ1v) is 5.31. The second kappa shape index (κ2) is 5.98. The van der Waals surface area contributed by atoms with Gasteiger partial charge in [-0.25, -0.2) is 14.8 Å². The summed E-state index contributed by atoms with van der Waals surface area (Å²) in [5, 5.41) is 0. The van der Waals surface area contributed by atoms with Gasteiger partial charge >= 0.3 is 5.97 Å². The number of carbonyl (C=O) groups excluding carboxylic acids is 1. The molecule has 1 aromatic rings. The van der Waals surface area contributed by atoms with Crippen LogP contribution >= 0.6 is 0 Å². The number of hydrogen-bond donors (Lipinski definition) is 0. The third-order valence-corrected chi connectivity index (χ3v) is 2.20. The summed E-state index contributed by atoms with van der Waals surface area (Å²) in [5.74, 6) is -0.503. The highest BCUT2D eigenvalue weighted by Gasteiger charge is 2.15. The summed E-state index contributed by atoms with van der Waals surface area (Å²) in [5.41, 5.74) is 2.13. The van der Waals surface area contributed by atoms with E-state index in [1.807, 2.05) is 13.8 Å². The smallest absolute Gasteiger partial charge is 0.358 e. The fraction of sp³-hybridized carbons (Fsp3) is 0.417. The number of nitrogens with zero attached hydrogens (tertiary/aromatic N) is 2. The molecular formula is C12H16N2O3. The average Bonchev–Trinajstić information content (AvgIpc) is 2.32. The van der Waals surface area contributed by atoms with Crippen molar-refractivity contribution in [1.82, 2.24) is 9.97 Å². The Bertz CT molecular complexity index is 442. The van der Waals surface area contributed by atoms with Gasteiger partial charge in [-0.15, -0.1) is 0 Å². The number of methoxy groups -OCH3 is 1. The Morgan fingerprint density at radius 2 is 1.94 bits per heavy atom. The van der Waals surface area contributed by atoms with E-state index in [-0.39, 0.29) is 5.69 Å². The number of ether oxygens (including phenoxy) is 2. The Morgan fingerprint density at radius 1 is 1.29 bits per heavy atom. The minimum Gasteiger partial charge on any atom is -0.501 e. The van der Waals surface area contributed by atoms with Gasteiger partial charge in [-0.2, -0.15) is 0 Å². The van der Waals surface area contributed by atoms with Crippen molar-refractivity contribution >= 4 is 12.0 Å². The van der Waals surface area contributed by atoms with Crippen molar-refractivity contribution in [3.63, 3.8) is 0 Å². The fourth-order valence-corrected chi connectivity index (χ4v) is 1.19. The molecule has 17 heavy (non-hydrogen) atoms. The summed E-state index contributed by atoms with van der Waals surface area (Å²) in [6.07, 6.45) is 3.10. The average molecular weight is 236 g/mol. The van der Waals surface area contributed by atoms with Gasteiger partial charge in [0, 0.05) is 6.08 Å². The molecule has 5 heteroatoms. The van der Waals surface area contributed by atoms with Crippen LogP contribution in [0, 0.1) is 13.8 Å². The Morgan fingerprint density at radius 3 is 2.53 bits per heavy atom. The van der Waals surface area contributed by atoms with Crippen LogP contribution < -0.4 is 0 Å². The molecule has 0 aliphatic carbocycles. The SMILES string of the molecule is CCO/C=C/c1nc(C)c(C)nc1C(=O)OC. The molecule has 0 atom stereocenters. The highest BCUT2D eigenvalue weighted by molar-refractivity contribution is 5.90. The highest BCUT2D eigenvalue weighted by Crippen LogP contribution is 2.11. The predicted octanol–water partition coefficient (Wildman–Crippen LogP) is 1.89. The molecule has 0 bridgehead atoms. The van der Waals surface area contributed by atoms with Crippen molar-refractivity contribution in [1.29, 1.82) is 0 Å². The lowest BCUT2D eigenvalue weighted by molar-refractivity contribution is 0.0593. The lowest BCUT2D eigenvalue weighted by atomic mass is 10.2. The molecule has 0 aliphatic heterocycles. The Hall–Kier alpha value is -1.91. The van der Waals surface area contributed by atoms with Gasteiger partial charge in [0.15, 0.2) is 5.69 Å². The quantitative estimate of drug-likeness (QED) is 0.590. The van der Waals surface area contributed by atoms with Crippen LogP contribution in [0.5, 0.6) is 0 Å². The van der Waals surface area contributed by atoms with Gasteiger partial charge in [0.2, 0.25) is 0 Å². The number of esters is 1. The van der Waals surface area contributed by atoms with Crippen LogP contribution in [0.3, 0.4) is 0 Å². The lowest BCUT2D eigenvalue weighted by Crippen LogP contribution is -2.11. The molecule has 0 aliphatic rings. The minimum absolute atomic E-state index is 0.201. The molecule has 92 valence electrons. The van der Waals surface area contributed by atoms with Crippen LogP contribution in [0.15, 0.2) is 6.26 Å². The maximum Gasteiger partial charge on any atom is 0.358 e. The monoisotopic (exact) mass is 236 g/mol. The van der Waals surface area contributed by atoms with Gasteiger partial charge in [0.05, 0.1) is 37.1 Å². The van der Waals surface area contributed by atoms with Gasteiger partial charge in [0.25, 0.3) is 0 Å². The van der Waals surface area contributed by atoms with Gasteiger partial charge in [-0.1, -0.05) is 0 Å². The van der Waals surface area contributed by atoms with Crippen LogP contribution in [0.25, 0.3) is 6.08 Å². The first-order valence-electron chi connectivity index (χ1n) is 5.31. The summed E-state index contributed by atoms with van der Waals surface area (Å²) in [7, 11) is 1.31. The van der Waals surface area contributed by atoms with E-state index in [0.29, 0.717) is 18.0 Å². The first-order chi connectivity index (χ1) is 8.10. The topological polar surface area (TPSA) is 61.3 Å². The zero-order valence-corrected chi connectivity index (χ0v) is 10.5. The van der Waals surface area contributed by atoms with E-state index in [0.717, 1.165) is 5.69 Å². The summed E-state index contributed by atoms with van der Waals surface area (Å²) in [6.45, 7) is 6.06. The normalized spacial score (nSPS) is 10.6. The molecule has 0 spiro atoms. The van der Waals surface area contributed by atoms with Crippen molar-refractivity contribution in [3.05, 3.63) is 29.0 Å². The van der Waals surface area contributed by atoms with E-state index < -0.39 is 5.97 Å². The second-order valence-electron chi connectivity index (χ2n) is 3.38. The molecule has 1 aromatic heterocycles. The van der Waals surface area contributed by atoms with Crippen molar-refractivity contribution in [2.45, 2.75) is 20.8 Å². The zero-order chi connectivity index (χ0) is 12.8. The predicted molar refractivity (Wildman–Crippen MR) is 63.5 cm³/mol. The Balaban J connectivity index is 3.16. The summed E-state index contributed by atoms with van der Waals surface area (Å²) in [6, 6.07) is 0. The van der Waals surface area contributed by atoms with E-state index in [9.17, 15) is 4.79 Å². The third kappa shape index (κ3) is 3.27. The van der Waals surface area contributed by atoms with Crippen LogP contribution in [-0.4, -0.2) is 29.7 Å². The summed E-state index contributed by atoms with van der Waals surface area (Å²) < 4.78 is 9.74. The summed E-state index contributed by atoms with van der Waals surface area (Å²) >= 11 is 0. The first kappa shape index (κ1) is 13.2. The maximum absolute atomic E-state index is 11.5. The van der Waals surface area contributed by atoms with Crippen molar-refractivity contribution in [2.24, 2.45) is 0 Å². The molecule has 0 saturated carbocycles. The highest BCUT2D eigenvalue weighted by atomic mass is 16.5. The molecule has 0 radical (unpaired) electrons. The van der Waals surface area contributed by atoms with E-state index in [4.69, 9.17) is 4.74 Å². The third-order valence-electron chi connectivity index (χ3n) is 2.20. The van der Waals surface area contributed by atoms with Crippen LogP contribution in [0.2, 0.25) is 0 Å². The zero-order valence-electron chi connectivity index (χ0n) is 10.5.